The van der Waals surface area contributed by atoms with Crippen molar-refractivity contribution in [3.8, 4) is 5.75 Å². The summed E-state index contributed by atoms with van der Waals surface area (Å²) in [4.78, 5) is 24.2. The van der Waals surface area contributed by atoms with Crippen LogP contribution in [0.5, 0.6) is 5.75 Å². The molecule has 1 aliphatic rings. The second-order valence-corrected chi connectivity index (χ2v) is 5.68. The molecule has 0 spiro atoms. The fourth-order valence-corrected chi connectivity index (χ4v) is 2.58. The molecule has 1 atom stereocenters. The molecule has 1 unspecified atom stereocenters. The third kappa shape index (κ3) is 5.14. The fraction of sp³-hybridized carbons (Fsp3) is 0.500. The van der Waals surface area contributed by atoms with E-state index in [2.05, 4.69) is 5.32 Å². The summed E-state index contributed by atoms with van der Waals surface area (Å²) in [6, 6.07) is 7.36. The number of methoxy groups -OCH3 is 1. The summed E-state index contributed by atoms with van der Waals surface area (Å²) in [5.74, 6) is -1.02. The smallest absolute Gasteiger partial charge is 0.406 e. The number of carbonyl (C=O) groups is 2. The van der Waals surface area contributed by atoms with Gasteiger partial charge in [0, 0.05) is 19.5 Å². The van der Waals surface area contributed by atoms with Gasteiger partial charge in [-0.25, -0.2) is 0 Å². The second kappa shape index (κ2) is 7.55. The van der Waals surface area contributed by atoms with Gasteiger partial charge in [-0.15, -0.1) is 0 Å². The van der Waals surface area contributed by atoms with Crippen molar-refractivity contribution in [2.24, 2.45) is 5.92 Å². The molecule has 0 radical (unpaired) electrons. The average Bonchev–Trinajstić information content (AvgIpc) is 2.87. The lowest BCUT2D eigenvalue weighted by Crippen LogP contribution is -2.37. The van der Waals surface area contributed by atoms with E-state index in [0.717, 1.165) is 11.3 Å². The maximum atomic E-state index is 12.4. The first-order chi connectivity index (χ1) is 11.3. The number of hydrogen-bond acceptors (Lipinski definition) is 3. The summed E-state index contributed by atoms with van der Waals surface area (Å²) in [7, 11) is 1.57. The SMILES string of the molecule is COc1ccc(CCNC(=O)C2CC(=O)N(CC(F)(F)F)C2)cc1. The van der Waals surface area contributed by atoms with E-state index in [1.807, 2.05) is 24.3 Å². The van der Waals surface area contributed by atoms with Gasteiger partial charge in [-0.05, 0) is 24.1 Å². The van der Waals surface area contributed by atoms with Gasteiger partial charge >= 0.3 is 6.18 Å². The summed E-state index contributed by atoms with van der Waals surface area (Å²) in [5, 5.41) is 2.68. The van der Waals surface area contributed by atoms with Crippen LogP contribution in [0.25, 0.3) is 0 Å². The molecule has 0 bridgehead atoms. The van der Waals surface area contributed by atoms with Crippen LogP contribution in [-0.4, -0.2) is 49.6 Å². The molecular weight excluding hydrogens is 325 g/mol. The number of nitrogens with zero attached hydrogens (tertiary/aromatic N) is 1. The zero-order valence-corrected chi connectivity index (χ0v) is 13.2. The van der Waals surface area contributed by atoms with Gasteiger partial charge < -0.3 is 15.0 Å². The molecule has 1 heterocycles. The molecule has 1 aromatic rings. The quantitative estimate of drug-likeness (QED) is 0.856. The van der Waals surface area contributed by atoms with E-state index in [9.17, 15) is 22.8 Å². The summed E-state index contributed by atoms with van der Waals surface area (Å²) in [6.45, 7) is -1.14. The number of halogens is 3. The molecule has 1 N–H and O–H groups in total. The largest absolute Gasteiger partial charge is 0.497 e. The van der Waals surface area contributed by atoms with Crippen LogP contribution in [0, 0.1) is 5.92 Å². The minimum absolute atomic E-state index is 0.176. The first-order valence-corrected chi connectivity index (χ1v) is 7.53. The zero-order valence-electron chi connectivity index (χ0n) is 13.2. The van der Waals surface area contributed by atoms with Crippen LogP contribution in [0.4, 0.5) is 13.2 Å². The van der Waals surface area contributed by atoms with Crippen molar-refractivity contribution in [1.82, 2.24) is 10.2 Å². The maximum Gasteiger partial charge on any atom is 0.406 e. The van der Waals surface area contributed by atoms with Crippen molar-refractivity contribution in [1.29, 1.82) is 0 Å². The Hall–Kier alpha value is -2.25. The highest BCUT2D eigenvalue weighted by molar-refractivity contribution is 5.89. The van der Waals surface area contributed by atoms with Gasteiger partial charge in [-0.3, -0.25) is 9.59 Å². The van der Waals surface area contributed by atoms with Crippen molar-refractivity contribution in [3.05, 3.63) is 29.8 Å². The number of benzene rings is 1. The molecule has 2 rings (SSSR count). The van der Waals surface area contributed by atoms with Crippen molar-refractivity contribution in [2.45, 2.75) is 19.0 Å². The van der Waals surface area contributed by atoms with E-state index in [0.29, 0.717) is 17.9 Å². The number of alkyl halides is 3. The number of carbonyl (C=O) groups excluding carboxylic acids is 2. The van der Waals surface area contributed by atoms with Gasteiger partial charge in [0.05, 0.1) is 13.0 Å². The van der Waals surface area contributed by atoms with E-state index in [1.165, 1.54) is 0 Å². The predicted octanol–water partition coefficient (Wildman–Crippen LogP) is 1.76. The highest BCUT2D eigenvalue weighted by atomic mass is 19.4. The van der Waals surface area contributed by atoms with Gasteiger partial charge in [-0.2, -0.15) is 13.2 Å². The monoisotopic (exact) mass is 344 g/mol. The molecule has 8 heteroatoms. The molecule has 5 nitrogen and oxygen atoms in total. The number of amides is 2. The number of hydrogen-bond donors (Lipinski definition) is 1. The van der Waals surface area contributed by atoms with Gasteiger partial charge in [-0.1, -0.05) is 12.1 Å². The number of ether oxygens (including phenoxy) is 1. The van der Waals surface area contributed by atoms with E-state index in [4.69, 9.17) is 4.74 Å². The van der Waals surface area contributed by atoms with E-state index >= 15 is 0 Å². The maximum absolute atomic E-state index is 12.4. The third-order valence-corrected chi connectivity index (χ3v) is 3.83. The Morgan fingerprint density at radius 3 is 2.58 bits per heavy atom. The molecule has 1 fully saturated rings. The molecule has 0 aromatic heterocycles. The van der Waals surface area contributed by atoms with Crippen LogP contribution < -0.4 is 10.1 Å². The Balaban J connectivity index is 1.77. The predicted molar refractivity (Wildman–Crippen MR) is 80.4 cm³/mol. The van der Waals surface area contributed by atoms with Gasteiger partial charge in [0.2, 0.25) is 11.8 Å². The van der Waals surface area contributed by atoms with Crippen LogP contribution in [0.2, 0.25) is 0 Å². The molecular formula is C16H19F3N2O3. The Labute approximate surface area is 137 Å². The van der Waals surface area contributed by atoms with Crippen molar-refractivity contribution in [3.63, 3.8) is 0 Å². The molecule has 24 heavy (non-hydrogen) atoms. The molecule has 0 aliphatic carbocycles. The van der Waals surface area contributed by atoms with Crippen LogP contribution in [-0.2, 0) is 16.0 Å². The van der Waals surface area contributed by atoms with Crippen LogP contribution in [0.15, 0.2) is 24.3 Å². The number of rotatable bonds is 6. The van der Waals surface area contributed by atoms with Crippen molar-refractivity contribution >= 4 is 11.8 Å². The summed E-state index contributed by atoms with van der Waals surface area (Å²) < 4.78 is 42.1. The molecule has 1 saturated heterocycles. The average molecular weight is 344 g/mol. The lowest BCUT2D eigenvalue weighted by Gasteiger charge is -2.18. The summed E-state index contributed by atoms with van der Waals surface area (Å²) in [5.41, 5.74) is 0.997. The Morgan fingerprint density at radius 1 is 1.33 bits per heavy atom. The molecule has 0 saturated carbocycles. The van der Waals surface area contributed by atoms with Crippen LogP contribution in [0.3, 0.4) is 0 Å². The Morgan fingerprint density at radius 2 is 2.00 bits per heavy atom. The zero-order chi connectivity index (χ0) is 17.7. The second-order valence-electron chi connectivity index (χ2n) is 5.68. The highest BCUT2D eigenvalue weighted by Gasteiger charge is 2.40. The molecule has 1 aromatic carbocycles. The topological polar surface area (TPSA) is 58.6 Å². The third-order valence-electron chi connectivity index (χ3n) is 3.83. The molecule has 1 aliphatic heterocycles. The van der Waals surface area contributed by atoms with E-state index in [1.54, 1.807) is 7.11 Å². The van der Waals surface area contributed by atoms with Crippen LogP contribution >= 0.6 is 0 Å². The number of likely N-dealkylation sites (tertiary alicyclic amines) is 1. The summed E-state index contributed by atoms with van der Waals surface area (Å²) in [6.07, 6.45) is -4.04. The fourth-order valence-electron chi connectivity index (χ4n) is 2.58. The first kappa shape index (κ1) is 18.1. The van der Waals surface area contributed by atoms with Gasteiger partial charge in [0.15, 0.2) is 0 Å². The van der Waals surface area contributed by atoms with Gasteiger partial charge in [0.25, 0.3) is 0 Å². The Bertz CT molecular complexity index is 587. The van der Waals surface area contributed by atoms with Crippen molar-refractivity contribution in [2.75, 3.05) is 26.7 Å². The van der Waals surface area contributed by atoms with Gasteiger partial charge in [0.1, 0.15) is 12.3 Å². The van der Waals surface area contributed by atoms with E-state index < -0.39 is 24.5 Å². The minimum atomic E-state index is -4.45. The summed E-state index contributed by atoms with van der Waals surface area (Å²) >= 11 is 0. The number of nitrogens with one attached hydrogen (secondary N) is 1. The van der Waals surface area contributed by atoms with E-state index in [-0.39, 0.29) is 18.9 Å². The van der Waals surface area contributed by atoms with Crippen molar-refractivity contribution < 1.29 is 27.5 Å². The lowest BCUT2D eigenvalue weighted by atomic mass is 10.1. The lowest BCUT2D eigenvalue weighted by molar-refractivity contribution is -0.157. The molecule has 2 amide bonds. The van der Waals surface area contributed by atoms with Crippen LogP contribution in [0.1, 0.15) is 12.0 Å². The highest BCUT2D eigenvalue weighted by Crippen LogP contribution is 2.23. The first-order valence-electron chi connectivity index (χ1n) is 7.53. The molecule has 132 valence electrons. The standard InChI is InChI=1S/C16H19F3N2O3/c1-24-13-4-2-11(3-5-13)6-7-20-15(23)12-8-14(22)21(9-12)10-16(17,18)19/h2-5,12H,6-10H2,1H3,(H,20,23). The Kier molecular flexibility index (Phi) is 5.69. The normalized spacial score (nSPS) is 17.9. The minimum Gasteiger partial charge on any atom is -0.497 e.